The number of nitrogens with two attached hydrogens (primary N) is 1. The highest BCUT2D eigenvalue weighted by Crippen LogP contribution is 1.62. The molecule has 4 nitrogen and oxygen atoms in total. The molecule has 0 fully saturated rings. The molecule has 4 heteroatoms. The van der Waals surface area contributed by atoms with E-state index in [0.29, 0.717) is 0 Å². The third-order valence-corrected chi connectivity index (χ3v) is 1.27. The summed E-state index contributed by atoms with van der Waals surface area (Å²) in [5.41, 5.74) is 0. The first-order chi connectivity index (χ1) is 6.06. The summed E-state index contributed by atoms with van der Waals surface area (Å²) in [6.07, 6.45) is 2.61. The van der Waals surface area contributed by atoms with Gasteiger partial charge in [0.05, 0.1) is 13.1 Å². The molecule has 0 aromatic rings. The molecule has 0 saturated heterocycles. The van der Waals surface area contributed by atoms with Crippen LogP contribution in [0.1, 0.15) is 33.6 Å². The van der Waals surface area contributed by atoms with Crippen LogP contribution in [0.25, 0.3) is 0 Å². The van der Waals surface area contributed by atoms with Crippen LogP contribution >= 0.6 is 0 Å². The molecule has 0 amide bonds. The van der Waals surface area contributed by atoms with E-state index in [4.69, 9.17) is 0 Å². The van der Waals surface area contributed by atoms with Crippen molar-refractivity contribution in [3.63, 3.8) is 0 Å². The van der Waals surface area contributed by atoms with Crippen LogP contribution in [0.5, 0.6) is 0 Å². The van der Waals surface area contributed by atoms with E-state index in [1.807, 2.05) is 0 Å². The second kappa shape index (κ2) is 11.1. The first-order valence-electron chi connectivity index (χ1n) is 4.59. The van der Waals surface area contributed by atoms with E-state index in [9.17, 15) is 14.7 Å². The second-order valence-electron chi connectivity index (χ2n) is 2.71. The molecule has 0 aliphatic rings. The maximum Gasteiger partial charge on any atom is 0.175 e. The van der Waals surface area contributed by atoms with Gasteiger partial charge in [-0.05, 0) is 12.8 Å². The summed E-state index contributed by atoms with van der Waals surface area (Å²) in [4.78, 5) is 18.7. The summed E-state index contributed by atoms with van der Waals surface area (Å²) in [5.74, 6) is -2.56. The Hall–Kier alpha value is -0.900. The van der Waals surface area contributed by atoms with Gasteiger partial charge in [0.25, 0.3) is 0 Å². The Kier molecular flexibility index (Phi) is 12.5. The minimum Gasteiger partial charge on any atom is -0.542 e. The SMILES string of the molecule is CC(=O)C(=O)[O-].CCC[NH2+]CCC. The van der Waals surface area contributed by atoms with Crippen molar-refractivity contribution >= 4 is 11.8 Å². The fraction of sp³-hybridized carbons (Fsp3) is 0.778. The van der Waals surface area contributed by atoms with Crippen molar-refractivity contribution in [3.8, 4) is 0 Å². The predicted octanol–water partition coefficient (Wildman–Crippen LogP) is -1.30. The van der Waals surface area contributed by atoms with Gasteiger partial charge in [0.1, 0.15) is 5.97 Å². The molecule has 0 spiro atoms. The van der Waals surface area contributed by atoms with E-state index < -0.39 is 11.8 Å². The van der Waals surface area contributed by atoms with Gasteiger partial charge in [0.15, 0.2) is 5.78 Å². The zero-order valence-electron chi connectivity index (χ0n) is 8.63. The molecule has 2 N–H and O–H groups in total. The number of carbonyl (C=O) groups excluding carboxylic acids is 2. The Labute approximate surface area is 79.3 Å². The van der Waals surface area contributed by atoms with Gasteiger partial charge in [-0.25, -0.2) is 0 Å². The summed E-state index contributed by atoms with van der Waals surface area (Å²) < 4.78 is 0. The van der Waals surface area contributed by atoms with E-state index in [0.717, 1.165) is 6.92 Å². The number of hydrogen-bond donors (Lipinski definition) is 1. The molecular weight excluding hydrogens is 170 g/mol. The number of aliphatic carboxylic acids is 1. The molecule has 0 aromatic carbocycles. The van der Waals surface area contributed by atoms with Crippen molar-refractivity contribution in [2.24, 2.45) is 0 Å². The van der Waals surface area contributed by atoms with Gasteiger partial charge in [0.2, 0.25) is 0 Å². The van der Waals surface area contributed by atoms with E-state index >= 15 is 0 Å². The van der Waals surface area contributed by atoms with Crippen molar-refractivity contribution in [2.45, 2.75) is 33.6 Å². The summed E-state index contributed by atoms with van der Waals surface area (Å²) in [6.45, 7) is 7.97. The van der Waals surface area contributed by atoms with Crippen LogP contribution in [0.15, 0.2) is 0 Å². The van der Waals surface area contributed by atoms with Crippen molar-refractivity contribution in [1.82, 2.24) is 0 Å². The molecule has 0 bridgehead atoms. The quantitative estimate of drug-likeness (QED) is 0.431. The number of quaternary nitrogens is 1. The molecule has 0 aliphatic heterocycles. The van der Waals surface area contributed by atoms with Crippen LogP contribution in [-0.2, 0) is 9.59 Å². The lowest BCUT2D eigenvalue weighted by Crippen LogP contribution is -2.84. The van der Waals surface area contributed by atoms with E-state index in [1.54, 1.807) is 0 Å². The lowest BCUT2D eigenvalue weighted by Gasteiger charge is -1.92. The van der Waals surface area contributed by atoms with Crippen molar-refractivity contribution < 1.29 is 20.0 Å². The number of hydrogen-bond acceptors (Lipinski definition) is 3. The Morgan fingerprint density at radius 2 is 1.46 bits per heavy atom. The first-order valence-corrected chi connectivity index (χ1v) is 4.59. The van der Waals surface area contributed by atoms with E-state index in [1.165, 1.54) is 25.9 Å². The van der Waals surface area contributed by atoms with Crippen LogP contribution in [0.4, 0.5) is 0 Å². The summed E-state index contributed by atoms with van der Waals surface area (Å²) in [5, 5.41) is 11.6. The van der Waals surface area contributed by atoms with E-state index in [-0.39, 0.29) is 0 Å². The molecule has 0 heterocycles. The molecule has 0 aromatic heterocycles. The zero-order valence-corrected chi connectivity index (χ0v) is 8.63. The van der Waals surface area contributed by atoms with Crippen molar-refractivity contribution in [2.75, 3.05) is 13.1 Å². The molecule has 0 rings (SSSR count). The van der Waals surface area contributed by atoms with Crippen molar-refractivity contribution in [1.29, 1.82) is 0 Å². The molecule has 0 aliphatic carbocycles. The smallest absolute Gasteiger partial charge is 0.175 e. The van der Waals surface area contributed by atoms with Gasteiger partial charge in [-0.2, -0.15) is 0 Å². The number of carboxylic acids is 1. The second-order valence-corrected chi connectivity index (χ2v) is 2.71. The summed E-state index contributed by atoms with van der Waals surface area (Å²) in [6, 6.07) is 0. The van der Waals surface area contributed by atoms with Crippen LogP contribution in [0.2, 0.25) is 0 Å². The Balaban J connectivity index is 0. The largest absolute Gasteiger partial charge is 0.542 e. The first kappa shape index (κ1) is 14.6. The highest BCUT2D eigenvalue weighted by molar-refractivity contribution is 6.30. The Morgan fingerprint density at radius 1 is 1.15 bits per heavy atom. The lowest BCUT2D eigenvalue weighted by atomic mass is 10.4. The monoisotopic (exact) mass is 189 g/mol. The molecule has 0 atom stereocenters. The minimum atomic E-state index is -1.63. The average Bonchev–Trinajstić information content (AvgIpc) is 2.06. The number of carbonyl (C=O) groups is 2. The minimum absolute atomic E-state index is 0.935. The molecule has 13 heavy (non-hydrogen) atoms. The molecule has 78 valence electrons. The summed E-state index contributed by atoms with van der Waals surface area (Å²) in [7, 11) is 0. The number of ketones is 1. The fourth-order valence-electron chi connectivity index (χ4n) is 0.553. The van der Waals surface area contributed by atoms with Gasteiger partial charge in [-0.15, -0.1) is 0 Å². The van der Waals surface area contributed by atoms with Crippen LogP contribution in [-0.4, -0.2) is 24.8 Å². The third kappa shape index (κ3) is 18.2. The van der Waals surface area contributed by atoms with E-state index in [2.05, 4.69) is 19.2 Å². The summed E-state index contributed by atoms with van der Waals surface area (Å²) >= 11 is 0. The molecule has 0 saturated carbocycles. The standard InChI is InChI=1S/C6H15N.C3H4O3/c1-3-5-7-6-4-2;1-2(4)3(5)6/h7H,3-6H2,1-2H3;1H3,(H,5,6). The molecule has 0 unspecified atom stereocenters. The highest BCUT2D eigenvalue weighted by atomic mass is 16.4. The molecular formula is C9H19NO3. The maximum absolute atomic E-state index is 9.48. The maximum atomic E-state index is 9.48. The number of carboxylic acid groups (broad SMARTS) is 1. The zero-order chi connectivity index (χ0) is 10.7. The van der Waals surface area contributed by atoms with Crippen molar-refractivity contribution in [3.05, 3.63) is 0 Å². The van der Waals surface area contributed by atoms with Gasteiger partial charge in [-0.1, -0.05) is 13.8 Å². The van der Waals surface area contributed by atoms with Crippen LogP contribution in [0.3, 0.4) is 0 Å². The highest BCUT2D eigenvalue weighted by Gasteiger charge is 1.85. The molecule has 0 radical (unpaired) electrons. The Morgan fingerprint density at radius 3 is 1.62 bits per heavy atom. The van der Waals surface area contributed by atoms with Crippen LogP contribution < -0.4 is 10.4 Å². The van der Waals surface area contributed by atoms with Gasteiger partial charge >= 0.3 is 0 Å². The fourth-order valence-corrected chi connectivity index (χ4v) is 0.553. The Bertz CT molecular complexity index is 130. The van der Waals surface area contributed by atoms with Gasteiger partial charge < -0.3 is 15.2 Å². The average molecular weight is 189 g/mol. The predicted molar refractivity (Wildman–Crippen MR) is 47.9 cm³/mol. The number of rotatable bonds is 5. The normalized spacial score (nSPS) is 8.54. The van der Waals surface area contributed by atoms with Gasteiger partial charge in [-0.3, -0.25) is 4.79 Å². The third-order valence-electron chi connectivity index (χ3n) is 1.27. The number of Topliss-reactive ketones (excluding diaryl/α,β-unsaturated/α-hetero) is 1. The van der Waals surface area contributed by atoms with Gasteiger partial charge in [0, 0.05) is 6.92 Å². The van der Waals surface area contributed by atoms with Crippen LogP contribution in [0, 0.1) is 0 Å². The lowest BCUT2D eigenvalue weighted by molar-refractivity contribution is -0.654. The topological polar surface area (TPSA) is 73.8 Å².